The average Bonchev–Trinajstić information content (AvgIpc) is 3.19. The van der Waals surface area contributed by atoms with Crippen molar-refractivity contribution in [1.82, 2.24) is 19.4 Å². The predicted octanol–water partition coefficient (Wildman–Crippen LogP) is 3.70. The fourth-order valence-corrected chi connectivity index (χ4v) is 4.45. The SMILES string of the molecule is Cc1cc(C)n2cc(CSc3nc4c(c(C)c3C#N)CCC4)nc2n1. The lowest BCUT2D eigenvalue weighted by Crippen LogP contribution is -2.00. The van der Waals surface area contributed by atoms with Gasteiger partial charge >= 0.3 is 0 Å². The normalized spacial score (nSPS) is 13.2. The Morgan fingerprint density at radius 1 is 1.20 bits per heavy atom. The molecule has 0 atom stereocenters. The molecular weight excluding hydrogens is 330 g/mol. The predicted molar refractivity (Wildman–Crippen MR) is 97.7 cm³/mol. The molecule has 0 amide bonds. The number of imidazole rings is 1. The van der Waals surface area contributed by atoms with Crippen LogP contribution >= 0.6 is 11.8 Å². The van der Waals surface area contributed by atoms with Crippen LogP contribution in [0.15, 0.2) is 17.3 Å². The number of rotatable bonds is 3. The maximum absolute atomic E-state index is 9.58. The van der Waals surface area contributed by atoms with Gasteiger partial charge in [-0.15, -0.1) is 0 Å². The summed E-state index contributed by atoms with van der Waals surface area (Å²) in [4.78, 5) is 13.9. The Balaban J connectivity index is 1.65. The summed E-state index contributed by atoms with van der Waals surface area (Å²) in [5.74, 6) is 1.41. The van der Waals surface area contributed by atoms with E-state index in [4.69, 9.17) is 4.98 Å². The standard InChI is InChI=1S/C19H19N5S/c1-11-7-12(2)24-9-14(22-19(24)21-11)10-25-18-16(8-20)13(3)15-5-4-6-17(15)23-18/h7,9H,4-6,10H2,1-3H3. The molecule has 3 aromatic rings. The first-order valence-corrected chi connectivity index (χ1v) is 9.43. The van der Waals surface area contributed by atoms with E-state index in [1.54, 1.807) is 11.8 Å². The Morgan fingerprint density at radius 3 is 2.84 bits per heavy atom. The minimum absolute atomic E-state index is 0.682. The molecule has 0 radical (unpaired) electrons. The van der Waals surface area contributed by atoms with E-state index in [2.05, 4.69) is 29.9 Å². The summed E-state index contributed by atoms with van der Waals surface area (Å²) < 4.78 is 2.01. The van der Waals surface area contributed by atoms with Crippen molar-refractivity contribution in [2.24, 2.45) is 0 Å². The first-order chi connectivity index (χ1) is 12.1. The fourth-order valence-electron chi connectivity index (χ4n) is 3.51. The number of nitriles is 1. The van der Waals surface area contributed by atoms with Crippen LogP contribution < -0.4 is 0 Å². The molecule has 25 heavy (non-hydrogen) atoms. The maximum Gasteiger partial charge on any atom is 0.234 e. The Bertz CT molecular complexity index is 1030. The highest BCUT2D eigenvalue weighted by atomic mass is 32.2. The second kappa shape index (κ2) is 6.16. The summed E-state index contributed by atoms with van der Waals surface area (Å²) in [6.07, 6.45) is 5.23. The van der Waals surface area contributed by atoms with E-state index in [-0.39, 0.29) is 0 Å². The molecule has 0 fully saturated rings. The van der Waals surface area contributed by atoms with Gasteiger partial charge in [0.15, 0.2) is 0 Å². The molecule has 0 saturated heterocycles. The molecule has 0 bridgehead atoms. The molecule has 0 aromatic carbocycles. The molecular formula is C19H19N5S. The molecule has 0 N–H and O–H groups in total. The molecule has 0 spiro atoms. The van der Waals surface area contributed by atoms with Crippen LogP contribution in [0.1, 0.15) is 45.9 Å². The third-order valence-electron chi connectivity index (χ3n) is 4.75. The molecule has 4 rings (SSSR count). The molecule has 3 heterocycles. The molecule has 126 valence electrons. The van der Waals surface area contributed by atoms with Gasteiger partial charge < -0.3 is 0 Å². The van der Waals surface area contributed by atoms with E-state index in [1.807, 2.05) is 23.6 Å². The average molecular weight is 349 g/mol. The lowest BCUT2D eigenvalue weighted by atomic mass is 10.0. The van der Waals surface area contributed by atoms with Crippen molar-refractivity contribution in [1.29, 1.82) is 5.26 Å². The van der Waals surface area contributed by atoms with Crippen molar-refractivity contribution in [2.75, 3.05) is 0 Å². The molecule has 0 saturated carbocycles. The number of hydrogen-bond donors (Lipinski definition) is 0. The van der Waals surface area contributed by atoms with Crippen LogP contribution in [0.5, 0.6) is 0 Å². The van der Waals surface area contributed by atoms with E-state index in [1.165, 1.54) is 11.3 Å². The summed E-state index contributed by atoms with van der Waals surface area (Å²) in [6, 6.07) is 4.40. The summed E-state index contributed by atoms with van der Waals surface area (Å²) in [7, 11) is 0. The minimum atomic E-state index is 0.682. The molecule has 0 unspecified atom stereocenters. The van der Waals surface area contributed by atoms with Gasteiger partial charge in [-0.2, -0.15) is 5.26 Å². The Morgan fingerprint density at radius 2 is 2.04 bits per heavy atom. The van der Waals surface area contributed by atoms with Crippen molar-refractivity contribution in [3.8, 4) is 6.07 Å². The molecule has 1 aliphatic rings. The molecule has 0 aliphatic heterocycles. The first-order valence-electron chi connectivity index (χ1n) is 8.44. The quantitative estimate of drug-likeness (QED) is 0.675. The number of aromatic nitrogens is 4. The van der Waals surface area contributed by atoms with Gasteiger partial charge in [-0.25, -0.2) is 15.0 Å². The molecule has 5 nitrogen and oxygen atoms in total. The van der Waals surface area contributed by atoms with E-state index in [0.29, 0.717) is 5.75 Å². The zero-order chi connectivity index (χ0) is 17.6. The lowest BCUT2D eigenvalue weighted by Gasteiger charge is -2.10. The van der Waals surface area contributed by atoms with Gasteiger partial charge in [0, 0.05) is 29.0 Å². The Hall–Kier alpha value is -2.39. The van der Waals surface area contributed by atoms with E-state index in [9.17, 15) is 5.26 Å². The number of pyridine rings is 1. The van der Waals surface area contributed by atoms with Gasteiger partial charge in [-0.05, 0) is 57.2 Å². The number of aryl methyl sites for hydroxylation is 3. The van der Waals surface area contributed by atoms with Gasteiger partial charge in [0.05, 0.1) is 11.3 Å². The molecule has 1 aliphatic carbocycles. The van der Waals surface area contributed by atoms with E-state index in [0.717, 1.165) is 58.3 Å². The van der Waals surface area contributed by atoms with Gasteiger partial charge in [0.1, 0.15) is 11.1 Å². The largest absolute Gasteiger partial charge is 0.288 e. The summed E-state index contributed by atoms with van der Waals surface area (Å²) in [5, 5.41) is 10.4. The summed E-state index contributed by atoms with van der Waals surface area (Å²) in [5.41, 5.74) is 7.32. The molecule has 3 aromatic heterocycles. The topological polar surface area (TPSA) is 66.9 Å². The lowest BCUT2D eigenvalue weighted by molar-refractivity contribution is 0.891. The molecule has 6 heteroatoms. The second-order valence-corrected chi connectivity index (χ2v) is 7.50. The number of thioether (sulfide) groups is 1. The number of fused-ring (bicyclic) bond motifs is 2. The van der Waals surface area contributed by atoms with Gasteiger partial charge in [0.2, 0.25) is 5.78 Å². The zero-order valence-electron chi connectivity index (χ0n) is 14.6. The van der Waals surface area contributed by atoms with Crippen LogP contribution in [0.4, 0.5) is 0 Å². The zero-order valence-corrected chi connectivity index (χ0v) is 15.4. The van der Waals surface area contributed by atoms with Crippen molar-refractivity contribution < 1.29 is 0 Å². The highest BCUT2D eigenvalue weighted by Crippen LogP contribution is 2.32. The fraction of sp³-hybridized carbons (Fsp3) is 0.368. The van der Waals surface area contributed by atoms with Crippen LogP contribution in [0.25, 0.3) is 5.78 Å². The van der Waals surface area contributed by atoms with Gasteiger partial charge in [-0.3, -0.25) is 4.40 Å². The van der Waals surface area contributed by atoms with Gasteiger partial charge in [-0.1, -0.05) is 11.8 Å². The van der Waals surface area contributed by atoms with Crippen molar-refractivity contribution in [3.63, 3.8) is 0 Å². The second-order valence-electron chi connectivity index (χ2n) is 6.54. The Kier molecular flexibility index (Phi) is 3.97. The van der Waals surface area contributed by atoms with Crippen LogP contribution in [0.3, 0.4) is 0 Å². The van der Waals surface area contributed by atoms with Crippen LogP contribution in [0.2, 0.25) is 0 Å². The maximum atomic E-state index is 9.58. The summed E-state index contributed by atoms with van der Waals surface area (Å²) >= 11 is 1.59. The van der Waals surface area contributed by atoms with Crippen LogP contribution in [0, 0.1) is 32.1 Å². The number of nitrogens with zero attached hydrogens (tertiary/aromatic N) is 5. The number of hydrogen-bond acceptors (Lipinski definition) is 5. The highest BCUT2D eigenvalue weighted by Gasteiger charge is 2.21. The first kappa shape index (κ1) is 16.1. The third-order valence-corrected chi connectivity index (χ3v) is 5.76. The highest BCUT2D eigenvalue weighted by molar-refractivity contribution is 7.98. The van der Waals surface area contributed by atoms with Crippen molar-refractivity contribution in [2.45, 2.75) is 50.8 Å². The van der Waals surface area contributed by atoms with E-state index >= 15 is 0 Å². The third kappa shape index (κ3) is 2.79. The van der Waals surface area contributed by atoms with Crippen LogP contribution in [-0.2, 0) is 18.6 Å². The van der Waals surface area contributed by atoms with Gasteiger partial charge in [0.25, 0.3) is 0 Å². The van der Waals surface area contributed by atoms with Crippen LogP contribution in [-0.4, -0.2) is 19.4 Å². The smallest absolute Gasteiger partial charge is 0.234 e. The van der Waals surface area contributed by atoms with Crippen molar-refractivity contribution >= 4 is 17.5 Å². The summed E-state index contributed by atoms with van der Waals surface area (Å²) in [6.45, 7) is 6.08. The monoisotopic (exact) mass is 349 g/mol. The van der Waals surface area contributed by atoms with Crippen molar-refractivity contribution in [3.05, 3.63) is 51.7 Å². The minimum Gasteiger partial charge on any atom is -0.288 e. The Labute approximate surface area is 151 Å². The van der Waals surface area contributed by atoms with E-state index < -0.39 is 0 Å².